The van der Waals surface area contributed by atoms with Crippen LogP contribution in [-0.2, 0) is 6.42 Å². The zero-order valence-corrected chi connectivity index (χ0v) is 14.7. The summed E-state index contributed by atoms with van der Waals surface area (Å²) >= 11 is 1.55. The predicted molar refractivity (Wildman–Crippen MR) is 98.6 cm³/mol. The van der Waals surface area contributed by atoms with Crippen LogP contribution >= 0.6 is 11.3 Å². The minimum atomic E-state index is 0.0173. The number of likely N-dealkylation sites (tertiary alicyclic amines) is 1. The highest BCUT2D eigenvalue weighted by Gasteiger charge is 2.32. The Bertz CT molecular complexity index is 848. The molecular formula is C20H19N3OS. The van der Waals surface area contributed by atoms with Gasteiger partial charge in [-0.05, 0) is 30.5 Å². The summed E-state index contributed by atoms with van der Waals surface area (Å²) in [6, 6.07) is 16.2. The number of aromatic nitrogens is 2. The molecule has 1 saturated heterocycles. The van der Waals surface area contributed by atoms with Crippen LogP contribution in [0, 0.1) is 0 Å². The van der Waals surface area contributed by atoms with E-state index in [0.29, 0.717) is 5.69 Å². The van der Waals surface area contributed by atoms with Gasteiger partial charge in [0, 0.05) is 24.5 Å². The molecule has 126 valence electrons. The van der Waals surface area contributed by atoms with Crippen LogP contribution < -0.4 is 0 Å². The summed E-state index contributed by atoms with van der Waals surface area (Å²) in [5.74, 6) is 0.0173. The third-order valence-electron chi connectivity index (χ3n) is 4.51. The molecule has 0 saturated carbocycles. The monoisotopic (exact) mass is 349 g/mol. The molecule has 0 radical (unpaired) electrons. The number of rotatable bonds is 4. The summed E-state index contributed by atoms with van der Waals surface area (Å²) in [7, 11) is 0. The van der Waals surface area contributed by atoms with Gasteiger partial charge in [-0.3, -0.25) is 9.78 Å². The van der Waals surface area contributed by atoms with Gasteiger partial charge in [0.1, 0.15) is 5.69 Å². The van der Waals surface area contributed by atoms with Crippen molar-refractivity contribution in [3.05, 3.63) is 82.1 Å². The van der Waals surface area contributed by atoms with Crippen LogP contribution in [0.25, 0.3) is 0 Å². The quantitative estimate of drug-likeness (QED) is 0.712. The van der Waals surface area contributed by atoms with Gasteiger partial charge >= 0.3 is 0 Å². The van der Waals surface area contributed by atoms with E-state index in [0.717, 1.165) is 36.5 Å². The van der Waals surface area contributed by atoms with E-state index in [-0.39, 0.29) is 11.9 Å². The number of hydrogen-bond donors (Lipinski definition) is 0. The maximum atomic E-state index is 12.9. The molecule has 1 fully saturated rings. The largest absolute Gasteiger partial charge is 0.329 e. The van der Waals surface area contributed by atoms with E-state index in [1.807, 2.05) is 46.7 Å². The van der Waals surface area contributed by atoms with Crippen LogP contribution in [0.5, 0.6) is 0 Å². The van der Waals surface area contributed by atoms with Crippen molar-refractivity contribution in [1.29, 1.82) is 0 Å². The Morgan fingerprint density at radius 1 is 1.16 bits per heavy atom. The number of hydrogen-bond acceptors (Lipinski definition) is 4. The summed E-state index contributed by atoms with van der Waals surface area (Å²) in [5.41, 5.74) is 2.73. The Labute approximate surface area is 151 Å². The number of benzene rings is 1. The standard InChI is InChI=1S/C20H19N3OS/c24-20(23-12-6-10-18(23)16-9-4-5-11-21-16)17-14-25-19(22-17)13-15-7-2-1-3-8-15/h1-5,7-9,11,14,18H,6,10,12-13H2/t18-/m1/s1. The summed E-state index contributed by atoms with van der Waals surface area (Å²) in [4.78, 5) is 23.9. The molecule has 3 aromatic rings. The first-order valence-corrected chi connectivity index (χ1v) is 9.39. The highest BCUT2D eigenvalue weighted by Crippen LogP contribution is 2.32. The molecule has 1 aliphatic heterocycles. The fraction of sp³-hybridized carbons (Fsp3) is 0.250. The molecule has 0 bridgehead atoms. The average Bonchev–Trinajstić information content (AvgIpc) is 3.32. The molecule has 1 atom stereocenters. The molecule has 4 nitrogen and oxygen atoms in total. The fourth-order valence-electron chi connectivity index (χ4n) is 3.30. The lowest BCUT2D eigenvalue weighted by Gasteiger charge is -2.23. The first kappa shape index (κ1) is 16.0. The summed E-state index contributed by atoms with van der Waals surface area (Å²) in [5, 5.41) is 2.86. The van der Waals surface area contributed by atoms with Crippen LogP contribution in [0.2, 0.25) is 0 Å². The van der Waals surface area contributed by atoms with Crippen LogP contribution in [-0.4, -0.2) is 27.3 Å². The van der Waals surface area contributed by atoms with E-state index in [4.69, 9.17) is 0 Å². The number of thiazole rings is 1. The normalized spacial score (nSPS) is 17.0. The van der Waals surface area contributed by atoms with Crippen molar-refractivity contribution >= 4 is 17.2 Å². The molecule has 0 aliphatic carbocycles. The predicted octanol–water partition coefficient (Wildman–Crippen LogP) is 4.11. The molecule has 5 heteroatoms. The van der Waals surface area contributed by atoms with Crippen LogP contribution in [0.4, 0.5) is 0 Å². The Hall–Kier alpha value is -2.53. The van der Waals surface area contributed by atoms with Crippen molar-refractivity contribution in [3.63, 3.8) is 0 Å². The number of nitrogens with zero attached hydrogens (tertiary/aromatic N) is 3. The Kier molecular flexibility index (Phi) is 4.57. The third kappa shape index (κ3) is 3.46. The molecule has 1 amide bonds. The van der Waals surface area contributed by atoms with Crippen LogP contribution in [0.15, 0.2) is 60.1 Å². The second kappa shape index (κ2) is 7.15. The minimum Gasteiger partial charge on any atom is -0.329 e. The first-order valence-electron chi connectivity index (χ1n) is 8.51. The lowest BCUT2D eigenvalue weighted by molar-refractivity contribution is 0.0727. The van der Waals surface area contributed by atoms with Crippen LogP contribution in [0.3, 0.4) is 0 Å². The zero-order valence-electron chi connectivity index (χ0n) is 13.8. The Balaban J connectivity index is 1.51. The lowest BCUT2D eigenvalue weighted by Crippen LogP contribution is -2.31. The summed E-state index contributed by atoms with van der Waals surface area (Å²) < 4.78 is 0. The number of pyridine rings is 1. The van der Waals surface area contributed by atoms with Gasteiger partial charge in [0.05, 0.1) is 16.7 Å². The van der Waals surface area contributed by atoms with Gasteiger partial charge in [0.2, 0.25) is 0 Å². The van der Waals surface area contributed by atoms with Gasteiger partial charge in [0.25, 0.3) is 5.91 Å². The highest BCUT2D eigenvalue weighted by atomic mass is 32.1. The second-order valence-electron chi connectivity index (χ2n) is 6.20. The molecule has 25 heavy (non-hydrogen) atoms. The van der Waals surface area contributed by atoms with Gasteiger partial charge in [0.15, 0.2) is 0 Å². The summed E-state index contributed by atoms with van der Waals surface area (Å²) in [6.45, 7) is 0.769. The second-order valence-corrected chi connectivity index (χ2v) is 7.14. The molecule has 2 aromatic heterocycles. The van der Waals surface area contributed by atoms with Gasteiger partial charge in [-0.25, -0.2) is 4.98 Å². The van der Waals surface area contributed by atoms with Gasteiger partial charge < -0.3 is 4.90 Å². The highest BCUT2D eigenvalue weighted by molar-refractivity contribution is 7.09. The molecule has 3 heterocycles. The van der Waals surface area contributed by atoms with Crippen molar-refractivity contribution in [2.75, 3.05) is 6.54 Å². The van der Waals surface area contributed by atoms with E-state index in [1.54, 1.807) is 17.5 Å². The smallest absolute Gasteiger partial charge is 0.273 e. The SMILES string of the molecule is O=C(c1csc(Cc2ccccc2)n1)N1CCC[C@@H]1c1ccccn1. The maximum absolute atomic E-state index is 12.9. The lowest BCUT2D eigenvalue weighted by atomic mass is 10.1. The van der Waals surface area contributed by atoms with Crippen molar-refractivity contribution in [3.8, 4) is 0 Å². The van der Waals surface area contributed by atoms with Gasteiger partial charge in [-0.1, -0.05) is 36.4 Å². The molecule has 0 spiro atoms. The number of amides is 1. The van der Waals surface area contributed by atoms with Gasteiger partial charge in [-0.2, -0.15) is 0 Å². The van der Waals surface area contributed by atoms with E-state index in [9.17, 15) is 4.79 Å². The van der Waals surface area contributed by atoms with Crippen molar-refractivity contribution in [2.45, 2.75) is 25.3 Å². The summed E-state index contributed by atoms with van der Waals surface area (Å²) in [6.07, 6.45) is 4.53. The maximum Gasteiger partial charge on any atom is 0.273 e. The minimum absolute atomic E-state index is 0.0173. The number of carbonyl (C=O) groups is 1. The molecular weight excluding hydrogens is 330 g/mol. The molecule has 1 aromatic carbocycles. The van der Waals surface area contributed by atoms with E-state index >= 15 is 0 Å². The van der Waals surface area contributed by atoms with Crippen LogP contribution in [0.1, 0.15) is 45.6 Å². The topological polar surface area (TPSA) is 46.1 Å². The van der Waals surface area contributed by atoms with E-state index < -0.39 is 0 Å². The third-order valence-corrected chi connectivity index (χ3v) is 5.36. The zero-order chi connectivity index (χ0) is 17.1. The average molecular weight is 349 g/mol. The molecule has 1 aliphatic rings. The Morgan fingerprint density at radius 2 is 2.00 bits per heavy atom. The van der Waals surface area contributed by atoms with Gasteiger partial charge in [-0.15, -0.1) is 11.3 Å². The molecule has 4 rings (SSSR count). The molecule has 0 unspecified atom stereocenters. The number of carbonyl (C=O) groups excluding carboxylic acids is 1. The fourth-order valence-corrected chi connectivity index (χ4v) is 4.10. The van der Waals surface area contributed by atoms with E-state index in [2.05, 4.69) is 22.1 Å². The van der Waals surface area contributed by atoms with Crippen molar-refractivity contribution in [2.24, 2.45) is 0 Å². The first-order chi connectivity index (χ1) is 12.3. The van der Waals surface area contributed by atoms with Crippen molar-refractivity contribution in [1.82, 2.24) is 14.9 Å². The molecule has 0 N–H and O–H groups in total. The van der Waals surface area contributed by atoms with E-state index in [1.165, 1.54) is 5.56 Å². The Morgan fingerprint density at radius 3 is 2.80 bits per heavy atom. The van der Waals surface area contributed by atoms with Crippen molar-refractivity contribution < 1.29 is 4.79 Å².